The van der Waals surface area contributed by atoms with E-state index >= 15 is 0 Å². The molecule has 0 spiro atoms. The Morgan fingerprint density at radius 3 is 1.73 bits per heavy atom. The molecular weight excluding hydrogens is 775 g/mol. The zero-order chi connectivity index (χ0) is 43.0. The van der Waals surface area contributed by atoms with E-state index in [1.54, 1.807) is 14.0 Å². The van der Waals surface area contributed by atoms with Crippen molar-refractivity contribution in [1.29, 1.82) is 0 Å². The highest BCUT2D eigenvalue weighted by Crippen LogP contribution is 2.45. The van der Waals surface area contributed by atoms with Gasteiger partial charge in [0.05, 0.1) is 19.3 Å². The summed E-state index contributed by atoms with van der Waals surface area (Å²) in [6, 6.07) is 32.1. The number of hydrogen-bond acceptors (Lipinski definition) is 9. The van der Waals surface area contributed by atoms with Crippen molar-refractivity contribution in [3.63, 3.8) is 0 Å². The van der Waals surface area contributed by atoms with Gasteiger partial charge in [0.1, 0.15) is 11.5 Å². The van der Waals surface area contributed by atoms with Crippen LogP contribution in [0.3, 0.4) is 0 Å². The van der Waals surface area contributed by atoms with Crippen molar-refractivity contribution >= 4 is 26.7 Å². The standard InChI is InChI=1S/C49H63NO9Si/c1-7-56-60(57-8-2,58-9-3)36-14-34-50-47(53)55-35-13-31-48(5,40-19-15-38(16-20-40)37(4)51)41-23-29-45(30-24-41)59-46(52)39-17-21-42(22-18-39)49(32-11-10-12-33-49)43-25-27-44(54-6)28-26-43/h15-30H,7-14,31-36H2,1-6H3,(H,50,53). The van der Waals surface area contributed by atoms with Gasteiger partial charge in [-0.25, -0.2) is 9.59 Å². The summed E-state index contributed by atoms with van der Waals surface area (Å²) in [5.74, 6) is 0.850. The van der Waals surface area contributed by atoms with Gasteiger partial charge < -0.3 is 32.8 Å². The number of hydrogen-bond donors (Lipinski definition) is 1. The van der Waals surface area contributed by atoms with Gasteiger partial charge in [-0.15, -0.1) is 0 Å². The first kappa shape index (κ1) is 46.3. The van der Waals surface area contributed by atoms with Gasteiger partial charge in [-0.1, -0.05) is 86.8 Å². The number of ether oxygens (including phenoxy) is 3. The predicted octanol–water partition coefficient (Wildman–Crippen LogP) is 10.6. The van der Waals surface area contributed by atoms with Gasteiger partial charge in [0, 0.05) is 48.8 Å². The molecule has 1 aliphatic rings. The molecule has 0 aliphatic heterocycles. The Morgan fingerprint density at radius 2 is 1.20 bits per heavy atom. The van der Waals surface area contributed by atoms with E-state index in [9.17, 15) is 14.4 Å². The molecule has 0 saturated heterocycles. The third-order valence-electron chi connectivity index (χ3n) is 11.7. The van der Waals surface area contributed by atoms with Gasteiger partial charge in [-0.3, -0.25) is 4.79 Å². The molecule has 1 aliphatic carbocycles. The molecule has 11 heteroatoms. The topological polar surface area (TPSA) is 119 Å². The highest BCUT2D eigenvalue weighted by molar-refractivity contribution is 6.60. The second-order valence-electron chi connectivity index (χ2n) is 15.6. The maximum atomic E-state index is 13.4. The maximum absolute atomic E-state index is 13.4. The van der Waals surface area contributed by atoms with Crippen LogP contribution in [0, 0.1) is 0 Å². The number of carbonyl (C=O) groups excluding carboxylic acids is 3. The monoisotopic (exact) mass is 837 g/mol. The molecule has 1 fully saturated rings. The Kier molecular flexibility index (Phi) is 17.1. The van der Waals surface area contributed by atoms with E-state index < -0.39 is 26.3 Å². The molecule has 1 saturated carbocycles. The molecule has 4 aromatic carbocycles. The first-order valence-electron chi connectivity index (χ1n) is 21.5. The van der Waals surface area contributed by atoms with Gasteiger partial charge in [0.15, 0.2) is 5.78 Å². The van der Waals surface area contributed by atoms with Gasteiger partial charge in [-0.2, -0.15) is 0 Å². The van der Waals surface area contributed by atoms with E-state index in [0.717, 1.165) is 42.6 Å². The Balaban J connectivity index is 1.21. The fourth-order valence-electron chi connectivity index (χ4n) is 8.46. The van der Waals surface area contributed by atoms with Crippen LogP contribution in [0.4, 0.5) is 4.79 Å². The third-order valence-corrected chi connectivity index (χ3v) is 14.9. The van der Waals surface area contributed by atoms with E-state index in [0.29, 0.717) is 68.5 Å². The minimum absolute atomic E-state index is 0.00379. The van der Waals surface area contributed by atoms with Crippen molar-refractivity contribution in [3.8, 4) is 11.5 Å². The van der Waals surface area contributed by atoms with E-state index in [2.05, 4.69) is 36.5 Å². The van der Waals surface area contributed by atoms with Crippen LogP contribution in [0.5, 0.6) is 11.5 Å². The summed E-state index contributed by atoms with van der Waals surface area (Å²) in [6.07, 6.45) is 7.04. The van der Waals surface area contributed by atoms with Crippen LogP contribution in [0.2, 0.25) is 6.04 Å². The fourth-order valence-corrected chi connectivity index (χ4v) is 11.1. The average molecular weight is 838 g/mol. The minimum Gasteiger partial charge on any atom is -0.497 e. The molecule has 0 heterocycles. The van der Waals surface area contributed by atoms with E-state index in [1.807, 2.05) is 93.6 Å². The predicted molar refractivity (Wildman–Crippen MR) is 236 cm³/mol. The van der Waals surface area contributed by atoms with Crippen LogP contribution in [0.15, 0.2) is 97.1 Å². The number of rotatable bonds is 22. The lowest BCUT2D eigenvalue weighted by atomic mass is 9.65. The first-order valence-corrected chi connectivity index (χ1v) is 23.5. The lowest BCUT2D eigenvalue weighted by Gasteiger charge is -2.38. The molecule has 1 unspecified atom stereocenters. The quantitative estimate of drug-likeness (QED) is 0.0271. The number of alkyl carbamates (subject to hydrolysis) is 1. The molecule has 1 atom stereocenters. The molecule has 1 N–H and O–H groups in total. The first-order chi connectivity index (χ1) is 29.0. The lowest BCUT2D eigenvalue weighted by Crippen LogP contribution is -2.46. The Labute approximate surface area is 357 Å². The second-order valence-corrected chi connectivity index (χ2v) is 18.3. The highest BCUT2D eigenvalue weighted by Gasteiger charge is 2.40. The van der Waals surface area contributed by atoms with Crippen molar-refractivity contribution in [2.24, 2.45) is 0 Å². The number of nitrogens with one attached hydrogen (secondary N) is 1. The molecule has 60 heavy (non-hydrogen) atoms. The summed E-state index contributed by atoms with van der Waals surface area (Å²) in [5.41, 5.74) is 5.00. The molecule has 0 aromatic heterocycles. The summed E-state index contributed by atoms with van der Waals surface area (Å²) in [5, 5.41) is 2.84. The van der Waals surface area contributed by atoms with Crippen LogP contribution in [0.1, 0.15) is 129 Å². The molecule has 322 valence electrons. The Hall–Kier alpha value is -4.81. The Bertz CT molecular complexity index is 1940. The third kappa shape index (κ3) is 11.7. The van der Waals surface area contributed by atoms with Crippen molar-refractivity contribution in [3.05, 3.63) is 130 Å². The average Bonchev–Trinajstić information content (AvgIpc) is 3.27. The van der Waals surface area contributed by atoms with E-state index in [1.165, 1.54) is 17.5 Å². The molecule has 10 nitrogen and oxygen atoms in total. The molecule has 4 aromatic rings. The highest BCUT2D eigenvalue weighted by atomic mass is 28.4. The smallest absolute Gasteiger partial charge is 0.497 e. The normalized spacial score (nSPS) is 14.8. The second kappa shape index (κ2) is 22.2. The van der Waals surface area contributed by atoms with Crippen LogP contribution in [-0.4, -0.2) is 66.7 Å². The number of amides is 1. The number of Topliss-reactive ketones (excluding diaryl/α,β-unsaturated/α-hetero) is 1. The maximum Gasteiger partial charge on any atom is 0.500 e. The van der Waals surface area contributed by atoms with Crippen molar-refractivity contribution in [1.82, 2.24) is 5.32 Å². The summed E-state index contributed by atoms with van der Waals surface area (Å²) in [4.78, 5) is 38.1. The van der Waals surface area contributed by atoms with E-state index in [-0.39, 0.29) is 17.8 Å². The van der Waals surface area contributed by atoms with Crippen LogP contribution < -0.4 is 14.8 Å². The van der Waals surface area contributed by atoms with Gasteiger partial charge in [0.25, 0.3) is 0 Å². The number of methoxy groups -OCH3 is 1. The summed E-state index contributed by atoms with van der Waals surface area (Å²) < 4.78 is 34.6. The van der Waals surface area contributed by atoms with Crippen molar-refractivity contribution < 1.29 is 41.9 Å². The fraction of sp³-hybridized carbons (Fsp3) is 0.449. The number of carbonyl (C=O) groups is 3. The number of esters is 1. The molecular formula is C49H63NO9Si. The van der Waals surface area contributed by atoms with Crippen LogP contribution in [-0.2, 0) is 28.8 Å². The zero-order valence-electron chi connectivity index (χ0n) is 36.3. The van der Waals surface area contributed by atoms with Gasteiger partial charge in [0.2, 0.25) is 0 Å². The van der Waals surface area contributed by atoms with E-state index in [4.69, 9.17) is 27.5 Å². The van der Waals surface area contributed by atoms with Crippen LogP contribution >= 0.6 is 0 Å². The van der Waals surface area contributed by atoms with Crippen molar-refractivity contribution in [2.75, 3.05) is 40.1 Å². The largest absolute Gasteiger partial charge is 0.500 e. The SMILES string of the molecule is CCO[Si](CCCNC(=O)OCCCC(C)(c1ccc(OC(=O)c2ccc(C3(c4ccc(OC)cc4)CCCCC3)cc2)cc1)c1ccc(C(C)=O)cc1)(OCC)OCC. The summed E-state index contributed by atoms with van der Waals surface area (Å²) >= 11 is 0. The van der Waals surface area contributed by atoms with Crippen LogP contribution in [0.25, 0.3) is 0 Å². The van der Waals surface area contributed by atoms with Crippen molar-refractivity contribution in [2.45, 2.75) is 103 Å². The van der Waals surface area contributed by atoms with Gasteiger partial charge in [-0.05, 0) is 118 Å². The Morgan fingerprint density at radius 1 is 0.683 bits per heavy atom. The van der Waals surface area contributed by atoms with Gasteiger partial charge >= 0.3 is 20.9 Å². The molecule has 0 bridgehead atoms. The summed E-state index contributed by atoms with van der Waals surface area (Å²) in [6.45, 7) is 11.6. The lowest BCUT2D eigenvalue weighted by molar-refractivity contribution is 0.0704. The molecule has 5 rings (SSSR count). The molecule has 1 amide bonds. The number of ketones is 1. The number of benzene rings is 4. The minimum atomic E-state index is -2.78. The molecule has 0 radical (unpaired) electrons. The zero-order valence-corrected chi connectivity index (χ0v) is 37.3. The summed E-state index contributed by atoms with van der Waals surface area (Å²) in [7, 11) is -1.10.